The summed E-state index contributed by atoms with van der Waals surface area (Å²) in [5, 5.41) is 4.63. The summed E-state index contributed by atoms with van der Waals surface area (Å²) >= 11 is 0. The molecule has 0 saturated carbocycles. The fraction of sp³-hybridized carbons (Fsp3) is 0.200. The van der Waals surface area contributed by atoms with Crippen LogP contribution < -0.4 is 5.56 Å². The molecule has 1 aromatic heterocycles. The number of nitrogens with one attached hydrogen (secondary N) is 1. The van der Waals surface area contributed by atoms with E-state index in [0.29, 0.717) is 6.20 Å². The van der Waals surface area contributed by atoms with E-state index in [0.717, 1.165) is 0 Å². The summed E-state index contributed by atoms with van der Waals surface area (Å²) in [6, 6.07) is -0.925. The second-order valence-corrected chi connectivity index (χ2v) is 1.72. The molecule has 1 rings (SSSR count). The van der Waals surface area contributed by atoms with E-state index in [2.05, 4.69) is 5.10 Å². The van der Waals surface area contributed by atoms with E-state index in [1.54, 1.807) is 5.10 Å². The first-order chi connectivity index (χ1) is 5.43. The fourth-order valence-electron chi connectivity index (χ4n) is 0.520. The lowest BCUT2D eigenvalue weighted by Crippen LogP contribution is -2.21. The Bertz CT molecular complexity index is 345. The monoisotopic (exact) mass is 165 g/mol. The minimum atomic E-state index is -4.80. The number of H-pyrrole nitrogens is 1. The van der Waals surface area contributed by atoms with Crippen LogP contribution in [0.4, 0.5) is 13.2 Å². The molecule has 0 aliphatic carbocycles. The third-order valence-electron chi connectivity index (χ3n) is 0.950. The van der Waals surface area contributed by atoms with Crippen molar-refractivity contribution in [1.29, 1.82) is 0 Å². The fourth-order valence-corrected chi connectivity index (χ4v) is 0.520. The maximum atomic E-state index is 11.9. The molecule has 3 nitrogen and oxygen atoms in total. The molecule has 11 heavy (non-hydrogen) atoms. The third-order valence-corrected chi connectivity index (χ3v) is 0.950. The SMILES string of the molecule is [2H]c1cn[nH]c(=O)c1C(F)(F)F. The maximum absolute atomic E-state index is 11.9. The van der Waals surface area contributed by atoms with Crippen LogP contribution in [0, 0.1) is 0 Å². The molecule has 0 atom stereocenters. The normalized spacial score (nSPS) is 12.8. The highest BCUT2D eigenvalue weighted by molar-refractivity contribution is 5.09. The molecule has 0 unspecified atom stereocenters. The summed E-state index contributed by atoms with van der Waals surface area (Å²) in [6.45, 7) is 0. The smallest absolute Gasteiger partial charge is 0.267 e. The Morgan fingerprint density at radius 1 is 1.64 bits per heavy atom. The van der Waals surface area contributed by atoms with E-state index in [9.17, 15) is 18.0 Å². The van der Waals surface area contributed by atoms with Gasteiger partial charge in [-0.05, 0) is 6.04 Å². The lowest BCUT2D eigenvalue weighted by atomic mass is 10.3. The topological polar surface area (TPSA) is 45.8 Å². The number of halogens is 3. The van der Waals surface area contributed by atoms with E-state index in [-0.39, 0.29) is 0 Å². The Morgan fingerprint density at radius 3 is 2.64 bits per heavy atom. The van der Waals surface area contributed by atoms with Crippen molar-refractivity contribution in [3.8, 4) is 0 Å². The molecule has 0 aliphatic rings. The average molecular weight is 165 g/mol. The van der Waals surface area contributed by atoms with Gasteiger partial charge in [0.1, 0.15) is 5.56 Å². The van der Waals surface area contributed by atoms with Gasteiger partial charge in [-0.25, -0.2) is 5.10 Å². The van der Waals surface area contributed by atoms with Gasteiger partial charge in [0.15, 0.2) is 0 Å². The van der Waals surface area contributed by atoms with Crippen molar-refractivity contribution >= 4 is 0 Å². The van der Waals surface area contributed by atoms with Gasteiger partial charge in [0.25, 0.3) is 5.56 Å². The Labute approximate surface area is 60.3 Å². The highest BCUT2D eigenvalue weighted by Crippen LogP contribution is 2.25. The first-order valence-electron chi connectivity index (χ1n) is 3.04. The van der Waals surface area contributed by atoms with Crippen molar-refractivity contribution in [3.63, 3.8) is 0 Å². The van der Waals surface area contributed by atoms with E-state index in [1.165, 1.54) is 0 Å². The first kappa shape index (κ1) is 6.38. The molecule has 0 radical (unpaired) electrons. The first-order valence-corrected chi connectivity index (χ1v) is 2.54. The molecule has 0 aromatic carbocycles. The second-order valence-electron chi connectivity index (χ2n) is 1.72. The summed E-state index contributed by atoms with van der Waals surface area (Å²) in [7, 11) is 0. The van der Waals surface area contributed by atoms with Crippen molar-refractivity contribution in [1.82, 2.24) is 10.2 Å². The lowest BCUT2D eigenvalue weighted by molar-refractivity contribution is -0.138. The van der Waals surface area contributed by atoms with E-state index in [1.807, 2.05) is 0 Å². The number of aromatic nitrogens is 2. The lowest BCUT2D eigenvalue weighted by Gasteiger charge is -2.02. The molecule has 0 aliphatic heterocycles. The summed E-state index contributed by atoms with van der Waals surface area (Å²) < 4.78 is 42.6. The standard InChI is InChI=1S/C5H3F3N2O/c6-5(7,8)3-1-2-9-10-4(3)11/h1-2H,(H,10,11)/i1D. The van der Waals surface area contributed by atoms with Crippen molar-refractivity contribution in [3.05, 3.63) is 28.2 Å². The van der Waals surface area contributed by atoms with Crippen LogP contribution in [0.15, 0.2) is 17.0 Å². The minimum Gasteiger partial charge on any atom is -0.267 e. The van der Waals surface area contributed by atoms with Crippen molar-refractivity contribution in [2.45, 2.75) is 6.18 Å². The molecular formula is C5H3F3N2O. The molecule has 6 heteroatoms. The zero-order valence-corrected chi connectivity index (χ0v) is 5.07. The van der Waals surface area contributed by atoms with Gasteiger partial charge in [0, 0.05) is 6.20 Å². The summed E-state index contributed by atoms with van der Waals surface area (Å²) in [4.78, 5) is 10.5. The molecular weight excluding hydrogens is 161 g/mol. The number of alkyl halides is 3. The number of hydrogen-bond donors (Lipinski definition) is 1. The highest BCUT2D eigenvalue weighted by Gasteiger charge is 2.33. The van der Waals surface area contributed by atoms with Crippen LogP contribution in [-0.2, 0) is 6.18 Å². The van der Waals surface area contributed by atoms with Gasteiger partial charge in [-0.15, -0.1) is 0 Å². The maximum Gasteiger partial charge on any atom is 0.421 e. The molecule has 0 spiro atoms. The molecule has 0 bridgehead atoms. The third kappa shape index (κ3) is 1.57. The van der Waals surface area contributed by atoms with Gasteiger partial charge < -0.3 is 0 Å². The quantitative estimate of drug-likeness (QED) is 0.617. The van der Waals surface area contributed by atoms with Gasteiger partial charge in [0.05, 0.1) is 1.37 Å². The molecule has 1 heterocycles. The predicted molar refractivity (Wildman–Crippen MR) is 29.9 cm³/mol. The largest absolute Gasteiger partial charge is 0.421 e. The number of hydrogen-bond acceptors (Lipinski definition) is 2. The van der Waals surface area contributed by atoms with Gasteiger partial charge in [-0.2, -0.15) is 18.3 Å². The van der Waals surface area contributed by atoms with Gasteiger partial charge in [-0.1, -0.05) is 0 Å². The molecule has 1 N–H and O–H groups in total. The molecule has 1 aromatic rings. The summed E-state index contributed by atoms with van der Waals surface area (Å²) in [5.74, 6) is 0. The Hall–Kier alpha value is -1.33. The van der Waals surface area contributed by atoms with Crippen LogP contribution in [0.3, 0.4) is 0 Å². The van der Waals surface area contributed by atoms with E-state index in [4.69, 9.17) is 1.37 Å². The van der Waals surface area contributed by atoms with E-state index < -0.39 is 23.3 Å². The van der Waals surface area contributed by atoms with Crippen LogP contribution in [0.2, 0.25) is 0 Å². The van der Waals surface area contributed by atoms with Crippen molar-refractivity contribution in [2.75, 3.05) is 0 Å². The van der Waals surface area contributed by atoms with Crippen LogP contribution in [0.1, 0.15) is 6.93 Å². The Kier molecular flexibility index (Phi) is 1.38. The van der Waals surface area contributed by atoms with Crippen molar-refractivity contribution in [2.24, 2.45) is 0 Å². The van der Waals surface area contributed by atoms with Crippen LogP contribution in [0.25, 0.3) is 0 Å². The number of aromatic amines is 1. The number of rotatable bonds is 0. The number of nitrogens with zero attached hydrogens (tertiary/aromatic N) is 1. The van der Waals surface area contributed by atoms with E-state index >= 15 is 0 Å². The molecule has 60 valence electrons. The predicted octanol–water partition coefficient (Wildman–Crippen LogP) is 0.789. The molecule has 0 amide bonds. The zero-order valence-electron chi connectivity index (χ0n) is 6.07. The zero-order chi connectivity index (χ0) is 9.35. The molecule has 0 fully saturated rings. The summed E-state index contributed by atoms with van der Waals surface area (Å²) in [6.07, 6.45) is -4.17. The van der Waals surface area contributed by atoms with Gasteiger partial charge in [-0.3, -0.25) is 4.79 Å². The van der Waals surface area contributed by atoms with Gasteiger partial charge >= 0.3 is 6.18 Å². The average Bonchev–Trinajstić information content (AvgIpc) is 1.82. The van der Waals surface area contributed by atoms with Crippen LogP contribution in [-0.4, -0.2) is 10.2 Å². The van der Waals surface area contributed by atoms with Crippen molar-refractivity contribution < 1.29 is 14.5 Å². The molecule has 0 saturated heterocycles. The van der Waals surface area contributed by atoms with Crippen LogP contribution >= 0.6 is 0 Å². The highest BCUT2D eigenvalue weighted by atomic mass is 19.4. The second kappa shape index (κ2) is 2.37. The van der Waals surface area contributed by atoms with Gasteiger partial charge in [0.2, 0.25) is 0 Å². The van der Waals surface area contributed by atoms with Crippen LogP contribution in [0.5, 0.6) is 0 Å². The Morgan fingerprint density at radius 2 is 2.27 bits per heavy atom. The summed E-state index contributed by atoms with van der Waals surface area (Å²) in [5.41, 5.74) is -2.91. The Balaban J connectivity index is 3.42. The minimum absolute atomic E-state index is 0.629.